The van der Waals surface area contributed by atoms with Crippen LogP contribution in [-0.4, -0.2) is 19.5 Å². The van der Waals surface area contributed by atoms with Crippen LogP contribution in [0.1, 0.15) is 63.8 Å². The van der Waals surface area contributed by atoms with Crippen molar-refractivity contribution in [3.63, 3.8) is 0 Å². The van der Waals surface area contributed by atoms with Gasteiger partial charge in [0.15, 0.2) is 17.5 Å². The lowest BCUT2D eigenvalue weighted by Crippen LogP contribution is -2.12. The van der Waals surface area contributed by atoms with Crippen molar-refractivity contribution in [3.05, 3.63) is 156 Å². The Balaban J connectivity index is 1.49. The minimum Gasteiger partial charge on any atom is -0.309 e. The lowest BCUT2D eigenvalue weighted by atomic mass is 9.85. The summed E-state index contributed by atoms with van der Waals surface area (Å²) in [5, 5.41) is 1.97. The lowest BCUT2D eigenvalue weighted by molar-refractivity contribution is -0.142. The van der Waals surface area contributed by atoms with Crippen LogP contribution >= 0.6 is 0 Å². The quantitative estimate of drug-likeness (QED) is 0.163. The van der Waals surface area contributed by atoms with Crippen molar-refractivity contribution in [3.8, 4) is 51.0 Å². The van der Waals surface area contributed by atoms with Crippen molar-refractivity contribution in [2.75, 3.05) is 0 Å². The van der Waals surface area contributed by atoms with Gasteiger partial charge >= 0.3 is 12.4 Å². The molecule has 298 valence electrons. The molecule has 0 amide bonds. The van der Waals surface area contributed by atoms with Gasteiger partial charge in [-0.2, -0.15) is 26.3 Å². The Morgan fingerprint density at radius 2 is 0.881 bits per heavy atom. The molecular formula is C49H40F6N4. The highest BCUT2D eigenvalue weighted by Crippen LogP contribution is 2.44. The highest BCUT2D eigenvalue weighted by molar-refractivity contribution is 6.10. The molecule has 2 aromatic heterocycles. The predicted molar refractivity (Wildman–Crippen MR) is 223 cm³/mol. The van der Waals surface area contributed by atoms with Crippen molar-refractivity contribution < 1.29 is 26.3 Å². The Bertz CT molecular complexity index is 2730. The van der Waals surface area contributed by atoms with Crippen LogP contribution in [0.5, 0.6) is 0 Å². The van der Waals surface area contributed by atoms with Crippen LogP contribution in [0.2, 0.25) is 0 Å². The molecule has 0 spiro atoms. The van der Waals surface area contributed by atoms with Gasteiger partial charge in [-0.25, -0.2) is 15.0 Å². The second kappa shape index (κ2) is 14.2. The maximum atomic E-state index is 14.7. The summed E-state index contributed by atoms with van der Waals surface area (Å²) in [5.41, 5.74) is 2.74. The molecule has 6 aromatic carbocycles. The molecular weight excluding hydrogens is 759 g/mol. The normalized spacial score (nSPS) is 12.7. The van der Waals surface area contributed by atoms with Gasteiger partial charge in [0.05, 0.1) is 27.8 Å². The highest BCUT2D eigenvalue weighted by atomic mass is 19.4. The number of halogens is 6. The summed E-state index contributed by atoms with van der Waals surface area (Å²) < 4.78 is 87.5. The van der Waals surface area contributed by atoms with E-state index in [0.717, 1.165) is 39.0 Å². The smallest absolute Gasteiger partial charge is 0.309 e. The van der Waals surface area contributed by atoms with Crippen LogP contribution in [0.15, 0.2) is 133 Å². The summed E-state index contributed by atoms with van der Waals surface area (Å²) in [6.07, 6.45) is -10.1. The first kappa shape index (κ1) is 39.5. The molecule has 10 heteroatoms. The number of alkyl halides is 6. The van der Waals surface area contributed by atoms with Crippen LogP contribution in [0.4, 0.5) is 26.3 Å². The fourth-order valence-electron chi connectivity index (χ4n) is 7.43. The molecule has 0 atom stereocenters. The second-order valence-electron chi connectivity index (χ2n) is 16.8. The molecule has 59 heavy (non-hydrogen) atoms. The summed E-state index contributed by atoms with van der Waals surface area (Å²) in [7, 11) is 0. The van der Waals surface area contributed by atoms with Crippen LogP contribution in [0.3, 0.4) is 0 Å². The van der Waals surface area contributed by atoms with Gasteiger partial charge in [0.1, 0.15) is 0 Å². The van der Waals surface area contributed by atoms with Gasteiger partial charge < -0.3 is 4.57 Å². The number of nitrogens with zero attached hydrogens (tertiary/aromatic N) is 4. The van der Waals surface area contributed by atoms with E-state index in [1.54, 1.807) is 6.07 Å². The third-order valence-corrected chi connectivity index (χ3v) is 10.6. The van der Waals surface area contributed by atoms with E-state index in [0.29, 0.717) is 40.1 Å². The zero-order valence-corrected chi connectivity index (χ0v) is 33.3. The fourth-order valence-corrected chi connectivity index (χ4v) is 7.43. The van der Waals surface area contributed by atoms with Gasteiger partial charge in [0.2, 0.25) is 0 Å². The number of hydrogen-bond acceptors (Lipinski definition) is 3. The zero-order chi connectivity index (χ0) is 42.1. The van der Waals surface area contributed by atoms with E-state index in [1.165, 1.54) is 12.1 Å². The van der Waals surface area contributed by atoms with E-state index in [-0.39, 0.29) is 28.3 Å². The Morgan fingerprint density at radius 3 is 1.34 bits per heavy atom. The molecule has 0 unspecified atom stereocenters. The molecule has 8 aromatic rings. The molecule has 2 heterocycles. The van der Waals surface area contributed by atoms with Crippen molar-refractivity contribution >= 4 is 21.8 Å². The molecule has 0 aliphatic carbocycles. The van der Waals surface area contributed by atoms with Crippen molar-refractivity contribution in [1.29, 1.82) is 0 Å². The van der Waals surface area contributed by atoms with Crippen LogP contribution in [-0.2, 0) is 23.2 Å². The van der Waals surface area contributed by atoms with Gasteiger partial charge in [0, 0.05) is 27.5 Å². The zero-order valence-electron chi connectivity index (χ0n) is 33.3. The molecule has 0 saturated heterocycles. The average molecular weight is 799 g/mol. The van der Waals surface area contributed by atoms with Gasteiger partial charge in [-0.15, -0.1) is 0 Å². The molecule has 0 radical (unpaired) electrons. The van der Waals surface area contributed by atoms with Gasteiger partial charge in [-0.3, -0.25) is 0 Å². The first-order chi connectivity index (χ1) is 27.8. The Kier molecular flexibility index (Phi) is 9.53. The van der Waals surface area contributed by atoms with E-state index in [1.807, 2.05) is 60.7 Å². The number of benzene rings is 6. The van der Waals surface area contributed by atoms with E-state index in [9.17, 15) is 26.3 Å². The highest BCUT2D eigenvalue weighted by Gasteiger charge is 2.38. The maximum absolute atomic E-state index is 14.7. The molecule has 0 aliphatic rings. The molecule has 0 N–H and O–H groups in total. The van der Waals surface area contributed by atoms with Crippen molar-refractivity contribution in [1.82, 2.24) is 19.5 Å². The van der Waals surface area contributed by atoms with Crippen molar-refractivity contribution in [2.24, 2.45) is 0 Å². The van der Waals surface area contributed by atoms with Crippen molar-refractivity contribution in [2.45, 2.75) is 64.7 Å². The molecule has 0 saturated carbocycles. The Labute approximate surface area is 338 Å². The molecule has 0 fully saturated rings. The summed E-state index contributed by atoms with van der Waals surface area (Å²) in [6, 6.07) is 37.7. The van der Waals surface area contributed by atoms with E-state index < -0.39 is 29.0 Å². The second-order valence-corrected chi connectivity index (χ2v) is 16.8. The third kappa shape index (κ3) is 7.59. The maximum Gasteiger partial charge on any atom is 0.417 e. The molecule has 8 rings (SSSR count). The third-order valence-electron chi connectivity index (χ3n) is 10.6. The SMILES string of the molecule is CC(C)(C)c1ccc2c(c1)c1cc(C(C)(C)C)ccc1n2-c1ccc(-c2ccc(C(F)(F)F)cc2C(F)(F)F)cc1-c1nc(-c2ccccc2)nc(-c2ccccc2)n1. The molecule has 4 nitrogen and oxygen atoms in total. The first-order valence-electron chi connectivity index (χ1n) is 19.2. The number of rotatable bonds is 5. The monoisotopic (exact) mass is 798 g/mol. The number of hydrogen-bond donors (Lipinski definition) is 0. The first-order valence-corrected chi connectivity index (χ1v) is 19.2. The summed E-state index contributed by atoms with van der Waals surface area (Å²) in [4.78, 5) is 14.8. The minimum absolute atomic E-state index is 0.0403. The number of fused-ring (bicyclic) bond motifs is 3. The predicted octanol–water partition coefficient (Wildman–Crippen LogP) is 14.3. The summed E-state index contributed by atoms with van der Waals surface area (Å²) in [5.74, 6) is 0.842. The van der Waals surface area contributed by atoms with Crippen LogP contribution in [0, 0.1) is 0 Å². The Hall–Kier alpha value is -6.29. The minimum atomic E-state index is -5.09. The average Bonchev–Trinajstić information content (AvgIpc) is 3.52. The molecule has 0 aliphatic heterocycles. The lowest BCUT2D eigenvalue weighted by Gasteiger charge is -2.20. The van der Waals surface area contributed by atoms with E-state index in [4.69, 9.17) is 15.0 Å². The molecule has 0 bridgehead atoms. The van der Waals surface area contributed by atoms with E-state index >= 15 is 0 Å². The topological polar surface area (TPSA) is 43.6 Å². The largest absolute Gasteiger partial charge is 0.417 e. The van der Waals surface area contributed by atoms with Crippen LogP contribution in [0.25, 0.3) is 72.8 Å². The summed E-state index contributed by atoms with van der Waals surface area (Å²) in [6.45, 7) is 12.9. The number of aromatic nitrogens is 4. The van der Waals surface area contributed by atoms with E-state index in [2.05, 4.69) is 82.5 Å². The Morgan fingerprint density at radius 1 is 0.407 bits per heavy atom. The van der Waals surface area contributed by atoms with Gasteiger partial charge in [-0.05, 0) is 81.6 Å². The summed E-state index contributed by atoms with van der Waals surface area (Å²) >= 11 is 0. The van der Waals surface area contributed by atoms with Gasteiger partial charge in [0.25, 0.3) is 0 Å². The fraction of sp³-hybridized carbons (Fsp3) is 0.204. The standard InChI is InChI=1S/C49H40F6N4/c1-46(2,3)32-19-23-40-36(26-32)37-27-33(47(4,5)6)20-24-41(37)59(40)42-22-17-31(35-21-18-34(48(50,51)52)28-39(35)49(53,54)55)25-38(42)45-57-43(29-13-9-7-10-14-29)56-44(58-45)30-15-11-8-12-16-30/h7-28H,1-6H3. The van der Waals surface area contributed by atoms with Crippen LogP contribution < -0.4 is 0 Å². The van der Waals surface area contributed by atoms with Gasteiger partial charge in [-0.1, -0.05) is 126 Å².